The third-order valence-electron chi connectivity index (χ3n) is 2.76. The Kier molecular flexibility index (Phi) is 3.18. The van der Waals surface area contributed by atoms with E-state index in [2.05, 4.69) is 15.2 Å². The molecule has 0 aliphatic carbocycles. The zero-order valence-corrected chi connectivity index (χ0v) is 11.2. The minimum atomic E-state index is -0.0598. The first-order valence-electron chi connectivity index (χ1n) is 5.94. The molecule has 0 saturated carbocycles. The maximum atomic E-state index is 5.96. The lowest BCUT2D eigenvalue weighted by Gasteiger charge is -2.09. The molecule has 0 amide bonds. The largest absolute Gasteiger partial charge is 0.324 e. The second-order valence-electron chi connectivity index (χ2n) is 4.20. The van der Waals surface area contributed by atoms with Gasteiger partial charge >= 0.3 is 0 Å². The Labute approximate surface area is 114 Å². The van der Waals surface area contributed by atoms with E-state index in [1.165, 1.54) is 11.8 Å². The van der Waals surface area contributed by atoms with Gasteiger partial charge in [0.25, 0.3) is 0 Å². The molecule has 3 aromatic heterocycles. The van der Waals surface area contributed by atoms with Crippen molar-refractivity contribution in [2.24, 2.45) is 5.73 Å². The van der Waals surface area contributed by atoms with Crippen LogP contribution in [-0.2, 0) is 0 Å². The van der Waals surface area contributed by atoms with E-state index in [-0.39, 0.29) is 6.04 Å². The number of hydrogen-bond acceptors (Lipinski definition) is 5. The smallest absolute Gasteiger partial charge is 0.201 e. The molecule has 5 nitrogen and oxygen atoms in total. The standard InChI is InChI=1S/C13H13N5S/c1-9(14)10-5-4-7-15-12(10)19-13-17-16-11-6-2-3-8-18(11)13/h2-9H,14H2,1H3/t9-/m0/s1. The molecule has 19 heavy (non-hydrogen) atoms. The Morgan fingerprint density at radius 2 is 2.11 bits per heavy atom. The molecule has 0 radical (unpaired) electrons. The normalized spacial score (nSPS) is 12.7. The van der Waals surface area contributed by atoms with Crippen molar-refractivity contribution in [1.29, 1.82) is 0 Å². The Morgan fingerprint density at radius 3 is 2.95 bits per heavy atom. The van der Waals surface area contributed by atoms with E-state index in [0.29, 0.717) is 0 Å². The average molecular weight is 271 g/mol. The fraction of sp³-hybridized carbons (Fsp3) is 0.154. The predicted octanol–water partition coefficient (Wildman–Crippen LogP) is 2.30. The number of aromatic nitrogens is 4. The van der Waals surface area contributed by atoms with E-state index in [1.807, 2.05) is 47.9 Å². The van der Waals surface area contributed by atoms with Gasteiger partial charge in [-0.25, -0.2) is 4.98 Å². The molecule has 3 rings (SSSR count). The average Bonchev–Trinajstić information content (AvgIpc) is 2.83. The van der Waals surface area contributed by atoms with Crippen LogP contribution in [0.4, 0.5) is 0 Å². The van der Waals surface area contributed by atoms with Crippen molar-refractivity contribution >= 4 is 17.4 Å². The number of nitrogens with zero attached hydrogens (tertiary/aromatic N) is 4. The van der Waals surface area contributed by atoms with E-state index >= 15 is 0 Å². The highest BCUT2D eigenvalue weighted by Gasteiger charge is 2.12. The van der Waals surface area contributed by atoms with Crippen LogP contribution in [0, 0.1) is 0 Å². The van der Waals surface area contributed by atoms with Gasteiger partial charge in [-0.15, -0.1) is 10.2 Å². The molecule has 96 valence electrons. The molecule has 0 fully saturated rings. The lowest BCUT2D eigenvalue weighted by atomic mass is 10.2. The van der Waals surface area contributed by atoms with Crippen molar-refractivity contribution in [1.82, 2.24) is 19.6 Å². The molecule has 0 aliphatic heterocycles. The minimum absolute atomic E-state index is 0.0598. The highest BCUT2D eigenvalue weighted by molar-refractivity contribution is 7.99. The summed E-state index contributed by atoms with van der Waals surface area (Å²) >= 11 is 1.48. The van der Waals surface area contributed by atoms with Crippen LogP contribution < -0.4 is 5.73 Å². The molecule has 3 heterocycles. The van der Waals surface area contributed by atoms with E-state index in [1.54, 1.807) is 6.20 Å². The van der Waals surface area contributed by atoms with Crippen LogP contribution in [-0.4, -0.2) is 19.6 Å². The quantitative estimate of drug-likeness (QED) is 0.791. The first-order valence-corrected chi connectivity index (χ1v) is 6.75. The number of pyridine rings is 2. The summed E-state index contributed by atoms with van der Waals surface area (Å²) in [5.74, 6) is 0. The summed E-state index contributed by atoms with van der Waals surface area (Å²) in [6, 6.07) is 9.63. The molecule has 0 aromatic carbocycles. The number of fused-ring (bicyclic) bond motifs is 1. The molecule has 2 N–H and O–H groups in total. The Morgan fingerprint density at radius 1 is 1.21 bits per heavy atom. The van der Waals surface area contributed by atoms with E-state index in [9.17, 15) is 0 Å². The van der Waals surface area contributed by atoms with Crippen LogP contribution in [0.15, 0.2) is 52.9 Å². The maximum absolute atomic E-state index is 5.96. The highest BCUT2D eigenvalue weighted by Crippen LogP contribution is 2.29. The fourth-order valence-electron chi connectivity index (χ4n) is 1.81. The molecule has 0 spiro atoms. The summed E-state index contributed by atoms with van der Waals surface area (Å²) in [6.07, 6.45) is 3.70. The first kappa shape index (κ1) is 12.1. The van der Waals surface area contributed by atoms with Crippen LogP contribution in [0.5, 0.6) is 0 Å². The van der Waals surface area contributed by atoms with Gasteiger partial charge in [-0.3, -0.25) is 4.40 Å². The number of hydrogen-bond donors (Lipinski definition) is 1. The van der Waals surface area contributed by atoms with Crippen molar-refractivity contribution < 1.29 is 0 Å². The number of nitrogens with two attached hydrogens (primary N) is 1. The Hall–Kier alpha value is -1.92. The summed E-state index contributed by atoms with van der Waals surface area (Å²) in [5, 5.41) is 9.97. The molecule has 3 aromatic rings. The van der Waals surface area contributed by atoms with Gasteiger partial charge in [0.15, 0.2) is 5.65 Å². The van der Waals surface area contributed by atoms with Gasteiger partial charge < -0.3 is 5.73 Å². The molecule has 6 heteroatoms. The van der Waals surface area contributed by atoms with E-state index in [0.717, 1.165) is 21.4 Å². The summed E-state index contributed by atoms with van der Waals surface area (Å²) in [5.41, 5.74) is 7.80. The van der Waals surface area contributed by atoms with Crippen molar-refractivity contribution in [2.45, 2.75) is 23.1 Å². The van der Waals surface area contributed by atoms with Crippen LogP contribution in [0.2, 0.25) is 0 Å². The second kappa shape index (κ2) is 4.99. The topological polar surface area (TPSA) is 69.1 Å². The number of rotatable bonds is 3. The molecule has 0 saturated heterocycles. The van der Waals surface area contributed by atoms with Crippen molar-refractivity contribution in [3.05, 3.63) is 48.3 Å². The van der Waals surface area contributed by atoms with Gasteiger partial charge in [-0.05, 0) is 36.9 Å². The molecular formula is C13H13N5S. The molecule has 1 atom stereocenters. The summed E-state index contributed by atoms with van der Waals surface area (Å²) in [4.78, 5) is 4.38. The van der Waals surface area contributed by atoms with Crippen LogP contribution in [0.3, 0.4) is 0 Å². The van der Waals surface area contributed by atoms with Crippen molar-refractivity contribution in [3.8, 4) is 0 Å². The molecule has 0 aliphatic rings. The van der Waals surface area contributed by atoms with E-state index in [4.69, 9.17) is 5.73 Å². The lowest BCUT2D eigenvalue weighted by molar-refractivity contribution is 0.777. The van der Waals surface area contributed by atoms with Gasteiger partial charge in [-0.1, -0.05) is 12.1 Å². The zero-order chi connectivity index (χ0) is 13.2. The predicted molar refractivity (Wildman–Crippen MR) is 73.9 cm³/mol. The van der Waals surface area contributed by atoms with Crippen LogP contribution in [0.25, 0.3) is 5.65 Å². The first-order chi connectivity index (χ1) is 9.25. The Bertz CT molecular complexity index is 707. The van der Waals surface area contributed by atoms with Crippen LogP contribution >= 0.6 is 11.8 Å². The maximum Gasteiger partial charge on any atom is 0.201 e. The van der Waals surface area contributed by atoms with Gasteiger partial charge in [0.2, 0.25) is 5.16 Å². The minimum Gasteiger partial charge on any atom is -0.324 e. The fourth-order valence-corrected chi connectivity index (χ4v) is 2.80. The van der Waals surface area contributed by atoms with Crippen molar-refractivity contribution in [2.75, 3.05) is 0 Å². The second-order valence-corrected chi connectivity index (χ2v) is 5.16. The van der Waals surface area contributed by atoms with Crippen molar-refractivity contribution in [3.63, 3.8) is 0 Å². The van der Waals surface area contributed by atoms with Gasteiger partial charge in [-0.2, -0.15) is 0 Å². The lowest BCUT2D eigenvalue weighted by Crippen LogP contribution is -2.07. The highest BCUT2D eigenvalue weighted by atomic mass is 32.2. The van der Waals surface area contributed by atoms with Gasteiger partial charge in [0.05, 0.1) is 0 Å². The molecule has 0 unspecified atom stereocenters. The summed E-state index contributed by atoms with van der Waals surface area (Å²) in [6.45, 7) is 1.95. The summed E-state index contributed by atoms with van der Waals surface area (Å²) in [7, 11) is 0. The molecular weight excluding hydrogens is 258 g/mol. The SMILES string of the molecule is C[C@H](N)c1cccnc1Sc1nnc2ccccn12. The third kappa shape index (κ3) is 2.32. The molecule has 0 bridgehead atoms. The van der Waals surface area contributed by atoms with E-state index < -0.39 is 0 Å². The zero-order valence-electron chi connectivity index (χ0n) is 10.4. The monoisotopic (exact) mass is 271 g/mol. The third-order valence-corrected chi connectivity index (χ3v) is 3.76. The van der Waals surface area contributed by atoms with Gasteiger partial charge in [0.1, 0.15) is 5.03 Å². The Balaban J connectivity index is 2.02. The van der Waals surface area contributed by atoms with Gasteiger partial charge in [0, 0.05) is 24.0 Å². The summed E-state index contributed by atoms with van der Waals surface area (Å²) < 4.78 is 1.93. The van der Waals surface area contributed by atoms with Crippen LogP contribution in [0.1, 0.15) is 18.5 Å².